The second kappa shape index (κ2) is 7.56. The highest BCUT2D eigenvalue weighted by atomic mass is 16.5. The second-order valence-electron chi connectivity index (χ2n) is 7.16. The lowest BCUT2D eigenvalue weighted by Gasteiger charge is -2.24. The van der Waals surface area contributed by atoms with Crippen molar-refractivity contribution in [3.8, 4) is 17.2 Å². The van der Waals surface area contributed by atoms with Crippen molar-refractivity contribution in [3.63, 3.8) is 0 Å². The van der Waals surface area contributed by atoms with Gasteiger partial charge in [0.25, 0.3) is 0 Å². The van der Waals surface area contributed by atoms with E-state index in [1.165, 1.54) is 11.0 Å². The Morgan fingerprint density at radius 3 is 2.79 bits per heavy atom. The van der Waals surface area contributed by atoms with E-state index in [2.05, 4.69) is 6.07 Å². The Balaban J connectivity index is 1.69. The van der Waals surface area contributed by atoms with E-state index in [9.17, 15) is 9.90 Å². The summed E-state index contributed by atoms with van der Waals surface area (Å²) in [6.07, 6.45) is 2.16. The highest BCUT2D eigenvalue weighted by Crippen LogP contribution is 2.32. The van der Waals surface area contributed by atoms with Gasteiger partial charge in [-0.2, -0.15) is 0 Å². The van der Waals surface area contributed by atoms with E-state index in [-0.39, 0.29) is 11.8 Å². The third kappa shape index (κ3) is 3.43. The molecule has 1 fully saturated rings. The number of nitrogens with one attached hydrogen (secondary N) is 1. The zero-order valence-corrected chi connectivity index (χ0v) is 16.0. The first-order valence-corrected chi connectivity index (χ1v) is 9.41. The third-order valence-electron chi connectivity index (χ3n) is 5.53. The number of hydrogen-bond donors (Lipinski definition) is 2. The van der Waals surface area contributed by atoms with Gasteiger partial charge in [0.2, 0.25) is 0 Å². The molecule has 1 aliphatic rings. The van der Waals surface area contributed by atoms with E-state index in [1.807, 2.05) is 12.1 Å². The molecule has 28 heavy (non-hydrogen) atoms. The number of benzene rings is 2. The van der Waals surface area contributed by atoms with E-state index in [0.717, 1.165) is 47.4 Å². The fourth-order valence-corrected chi connectivity index (χ4v) is 4.21. The van der Waals surface area contributed by atoms with Gasteiger partial charge in [-0.15, -0.1) is 0 Å². The lowest BCUT2D eigenvalue weighted by atomic mass is 10.0. The molecule has 3 aromatic rings. The first-order valence-electron chi connectivity index (χ1n) is 9.41. The molecule has 2 heterocycles. The van der Waals surface area contributed by atoms with Crippen LogP contribution in [0.1, 0.15) is 30.0 Å². The Labute approximate surface area is 162 Å². The lowest BCUT2D eigenvalue weighted by molar-refractivity contribution is -0.931. The monoisotopic (exact) mass is 382 g/mol. The molecule has 2 N–H and O–H groups in total. The molecule has 0 bridgehead atoms. The molecule has 4 rings (SSSR count). The summed E-state index contributed by atoms with van der Waals surface area (Å²) in [4.78, 5) is 13.4. The molecular weight excluding hydrogens is 358 g/mol. The number of likely N-dealkylation sites (tertiary alicyclic amines) is 1. The van der Waals surface area contributed by atoms with Crippen LogP contribution in [-0.4, -0.2) is 25.9 Å². The Kier molecular flexibility index (Phi) is 4.96. The average Bonchev–Trinajstić information content (AvgIpc) is 3.14. The smallest absolute Gasteiger partial charge is 0.336 e. The molecular formula is C22H24NO5+. The molecule has 0 saturated carbocycles. The molecule has 2 atom stereocenters. The number of quaternary nitrogens is 1. The third-order valence-corrected chi connectivity index (χ3v) is 5.53. The number of rotatable bonds is 5. The molecule has 1 unspecified atom stereocenters. The van der Waals surface area contributed by atoms with Crippen molar-refractivity contribution in [1.29, 1.82) is 0 Å². The van der Waals surface area contributed by atoms with Gasteiger partial charge < -0.3 is 23.9 Å². The molecule has 0 aliphatic carbocycles. The number of phenolic OH excluding ortho intramolecular Hbond substituents is 1. The lowest BCUT2D eigenvalue weighted by Crippen LogP contribution is -3.08. The van der Waals surface area contributed by atoms with E-state index < -0.39 is 5.63 Å². The minimum atomic E-state index is -0.398. The van der Waals surface area contributed by atoms with Gasteiger partial charge in [0, 0.05) is 42.0 Å². The highest BCUT2D eigenvalue weighted by molar-refractivity contribution is 5.81. The fourth-order valence-electron chi connectivity index (χ4n) is 4.21. The topological polar surface area (TPSA) is 73.3 Å². The van der Waals surface area contributed by atoms with Crippen molar-refractivity contribution in [2.24, 2.45) is 0 Å². The molecule has 1 saturated heterocycles. The minimum absolute atomic E-state index is 0.0853. The summed E-state index contributed by atoms with van der Waals surface area (Å²) < 4.78 is 16.2. The van der Waals surface area contributed by atoms with Crippen molar-refractivity contribution in [3.05, 3.63) is 64.0 Å². The second-order valence-corrected chi connectivity index (χ2v) is 7.16. The van der Waals surface area contributed by atoms with E-state index >= 15 is 0 Å². The molecule has 0 amide bonds. The van der Waals surface area contributed by atoms with Crippen molar-refractivity contribution in [2.45, 2.75) is 25.4 Å². The number of phenols is 1. The highest BCUT2D eigenvalue weighted by Gasteiger charge is 2.33. The summed E-state index contributed by atoms with van der Waals surface area (Å²) in [5.41, 5.74) is 2.10. The maximum absolute atomic E-state index is 12.0. The van der Waals surface area contributed by atoms with Crippen LogP contribution in [0.3, 0.4) is 0 Å². The van der Waals surface area contributed by atoms with Crippen molar-refractivity contribution < 1.29 is 23.9 Å². The van der Waals surface area contributed by atoms with Crippen LogP contribution in [0.5, 0.6) is 17.2 Å². The van der Waals surface area contributed by atoms with Crippen LogP contribution >= 0.6 is 0 Å². The van der Waals surface area contributed by atoms with E-state index in [0.29, 0.717) is 12.1 Å². The average molecular weight is 382 g/mol. The van der Waals surface area contributed by atoms with Gasteiger partial charge in [-0.3, -0.25) is 0 Å². The zero-order chi connectivity index (χ0) is 19.7. The summed E-state index contributed by atoms with van der Waals surface area (Å²) in [7, 11) is 3.32. The van der Waals surface area contributed by atoms with E-state index in [1.54, 1.807) is 32.4 Å². The molecule has 2 aromatic carbocycles. The van der Waals surface area contributed by atoms with Gasteiger partial charge in [-0.05, 0) is 24.3 Å². The Hall–Kier alpha value is -2.99. The maximum atomic E-state index is 12.0. The number of methoxy groups -OCH3 is 2. The number of hydrogen-bond acceptors (Lipinski definition) is 5. The van der Waals surface area contributed by atoms with Crippen LogP contribution in [0, 0.1) is 0 Å². The summed E-state index contributed by atoms with van der Waals surface area (Å²) >= 11 is 0. The molecule has 0 radical (unpaired) electrons. The van der Waals surface area contributed by atoms with E-state index in [4.69, 9.17) is 13.9 Å². The maximum Gasteiger partial charge on any atom is 0.336 e. The predicted molar refractivity (Wildman–Crippen MR) is 105 cm³/mol. The van der Waals surface area contributed by atoms with Crippen LogP contribution in [0.25, 0.3) is 11.0 Å². The van der Waals surface area contributed by atoms with Gasteiger partial charge in [0.15, 0.2) is 0 Å². The van der Waals surface area contributed by atoms with Gasteiger partial charge >= 0.3 is 5.63 Å². The van der Waals surface area contributed by atoms with Gasteiger partial charge in [0.05, 0.1) is 26.3 Å². The molecule has 146 valence electrons. The molecule has 1 aliphatic heterocycles. The van der Waals surface area contributed by atoms with Gasteiger partial charge in [-0.1, -0.05) is 0 Å². The molecule has 0 spiro atoms. The number of aromatic hydroxyl groups is 1. The first-order chi connectivity index (χ1) is 13.6. The summed E-state index contributed by atoms with van der Waals surface area (Å²) in [6, 6.07) is 12.7. The number of fused-ring (bicyclic) bond motifs is 1. The standard InChI is InChI=1S/C22H23NO5/c1-26-16-6-8-18(20(12-16)27-2)19-4-3-9-23(19)13-14-10-22(25)28-21-11-15(24)5-7-17(14)21/h5-8,10-12,19,24H,3-4,9,13H2,1-2H3/p+1/t19-/m1/s1. The van der Waals surface area contributed by atoms with Gasteiger partial charge in [-0.25, -0.2) is 4.79 Å². The SMILES string of the molecule is COc1ccc([C@H]2CCC[NH+]2Cc2cc(=O)oc3cc(O)ccc23)c(OC)c1. The zero-order valence-electron chi connectivity index (χ0n) is 16.0. The van der Waals surface area contributed by atoms with Crippen molar-refractivity contribution in [1.82, 2.24) is 0 Å². The molecule has 1 aromatic heterocycles. The van der Waals surface area contributed by atoms with Crippen LogP contribution in [0.4, 0.5) is 0 Å². The molecule has 6 nitrogen and oxygen atoms in total. The first kappa shape index (κ1) is 18.4. The quantitative estimate of drug-likeness (QED) is 0.663. The van der Waals surface area contributed by atoms with Gasteiger partial charge in [0.1, 0.15) is 35.4 Å². The number of ether oxygens (including phenoxy) is 2. The summed E-state index contributed by atoms with van der Waals surface area (Å²) in [6.45, 7) is 1.71. The Morgan fingerprint density at radius 2 is 2.00 bits per heavy atom. The van der Waals surface area contributed by atoms with Crippen molar-refractivity contribution in [2.75, 3.05) is 20.8 Å². The van der Waals surface area contributed by atoms with Crippen LogP contribution in [0.2, 0.25) is 0 Å². The van der Waals surface area contributed by atoms with Crippen molar-refractivity contribution >= 4 is 11.0 Å². The fraction of sp³-hybridized carbons (Fsp3) is 0.318. The largest absolute Gasteiger partial charge is 0.508 e. The predicted octanol–water partition coefficient (Wildman–Crippen LogP) is 2.44. The van der Waals surface area contributed by atoms with Crippen LogP contribution in [-0.2, 0) is 6.54 Å². The van der Waals surface area contributed by atoms with Crippen LogP contribution in [0.15, 0.2) is 51.7 Å². The molecule has 6 heteroatoms. The minimum Gasteiger partial charge on any atom is -0.508 e. The van der Waals surface area contributed by atoms with Crippen LogP contribution < -0.4 is 20.0 Å². The normalized spacial score (nSPS) is 19.1. The Morgan fingerprint density at radius 1 is 1.14 bits per heavy atom. The summed E-state index contributed by atoms with van der Waals surface area (Å²) in [5, 5.41) is 10.6. The Bertz CT molecular complexity index is 1060. The summed E-state index contributed by atoms with van der Waals surface area (Å²) in [5.74, 6) is 1.68.